The third kappa shape index (κ3) is 4.65. The molecule has 0 aliphatic heterocycles. The second-order valence-corrected chi connectivity index (χ2v) is 9.59. The van der Waals surface area contributed by atoms with Crippen molar-refractivity contribution in [1.82, 2.24) is 19.3 Å². The summed E-state index contributed by atoms with van der Waals surface area (Å²) in [5, 5.41) is 10.4. The summed E-state index contributed by atoms with van der Waals surface area (Å²) in [4.78, 5) is 13.1. The van der Waals surface area contributed by atoms with Gasteiger partial charge in [0.2, 0.25) is 0 Å². The smallest absolute Gasteiger partial charge is 0.192 e. The number of methoxy groups -OCH3 is 1. The van der Waals surface area contributed by atoms with Crippen LogP contribution in [0.5, 0.6) is 0 Å². The van der Waals surface area contributed by atoms with Gasteiger partial charge in [-0.25, -0.2) is 0 Å². The van der Waals surface area contributed by atoms with Gasteiger partial charge in [0.25, 0.3) is 0 Å². The van der Waals surface area contributed by atoms with Crippen LogP contribution in [0.4, 0.5) is 0 Å². The zero-order chi connectivity index (χ0) is 22.7. The molecule has 170 valence electrons. The highest BCUT2D eigenvalue weighted by Crippen LogP contribution is 2.38. The molecule has 0 unspecified atom stereocenters. The highest BCUT2D eigenvalue weighted by atomic mass is 35.5. The summed E-state index contributed by atoms with van der Waals surface area (Å²) in [6, 6.07) is 10.1. The lowest BCUT2D eigenvalue weighted by atomic mass is 10.2. The Bertz CT molecular complexity index is 1100. The lowest BCUT2D eigenvalue weighted by Crippen LogP contribution is -2.11. The van der Waals surface area contributed by atoms with E-state index < -0.39 is 0 Å². The number of hydrogen-bond donors (Lipinski definition) is 0. The SMILES string of the molecule is COCCn1c(C)cc(C(=O)CSc2nnc(-c3ccccc3Cl)n2C2CCCC2)c1C. The van der Waals surface area contributed by atoms with Crippen LogP contribution < -0.4 is 0 Å². The van der Waals surface area contributed by atoms with Crippen LogP contribution in [-0.4, -0.2) is 44.6 Å². The number of carbonyl (C=O) groups is 1. The third-order valence-electron chi connectivity index (χ3n) is 6.19. The Hall–Kier alpha value is -2.09. The van der Waals surface area contributed by atoms with Crippen molar-refractivity contribution >= 4 is 29.1 Å². The van der Waals surface area contributed by atoms with Gasteiger partial charge in [0.1, 0.15) is 0 Å². The van der Waals surface area contributed by atoms with Gasteiger partial charge in [-0.05, 0) is 44.9 Å². The minimum absolute atomic E-state index is 0.104. The van der Waals surface area contributed by atoms with E-state index in [1.165, 1.54) is 24.6 Å². The third-order valence-corrected chi connectivity index (χ3v) is 7.47. The molecule has 1 aliphatic carbocycles. The van der Waals surface area contributed by atoms with E-state index in [1.54, 1.807) is 7.11 Å². The van der Waals surface area contributed by atoms with Crippen LogP contribution in [0, 0.1) is 13.8 Å². The molecule has 6 nitrogen and oxygen atoms in total. The van der Waals surface area contributed by atoms with E-state index >= 15 is 0 Å². The summed E-state index contributed by atoms with van der Waals surface area (Å²) < 4.78 is 9.54. The fraction of sp³-hybridized carbons (Fsp3) is 0.458. The predicted octanol–water partition coefficient (Wildman–Crippen LogP) is 5.75. The van der Waals surface area contributed by atoms with E-state index in [2.05, 4.69) is 19.3 Å². The number of aromatic nitrogens is 4. The lowest BCUT2D eigenvalue weighted by Gasteiger charge is -2.17. The number of ketones is 1. The van der Waals surface area contributed by atoms with Crippen molar-refractivity contribution in [3.8, 4) is 11.4 Å². The van der Waals surface area contributed by atoms with Crippen molar-refractivity contribution in [2.75, 3.05) is 19.5 Å². The molecule has 1 fully saturated rings. The predicted molar refractivity (Wildman–Crippen MR) is 129 cm³/mol. The van der Waals surface area contributed by atoms with Crippen molar-refractivity contribution in [3.63, 3.8) is 0 Å². The van der Waals surface area contributed by atoms with Crippen LogP contribution in [-0.2, 0) is 11.3 Å². The number of thioether (sulfide) groups is 1. The summed E-state index contributed by atoms with van der Waals surface area (Å²) in [7, 11) is 1.69. The average molecular weight is 473 g/mol. The number of rotatable bonds is 9. The summed E-state index contributed by atoms with van der Waals surface area (Å²) in [6.45, 7) is 5.39. The number of ether oxygens (including phenoxy) is 1. The van der Waals surface area contributed by atoms with Crippen molar-refractivity contribution in [1.29, 1.82) is 0 Å². The second kappa shape index (κ2) is 10.2. The molecule has 0 N–H and O–H groups in total. The van der Waals surface area contributed by atoms with Crippen LogP contribution >= 0.6 is 23.4 Å². The van der Waals surface area contributed by atoms with E-state index in [9.17, 15) is 4.79 Å². The molecular formula is C24H29ClN4O2S. The Morgan fingerprint density at radius 3 is 2.69 bits per heavy atom. The monoisotopic (exact) mass is 472 g/mol. The largest absolute Gasteiger partial charge is 0.383 e. The number of benzene rings is 1. The molecule has 8 heteroatoms. The maximum Gasteiger partial charge on any atom is 0.192 e. The highest BCUT2D eigenvalue weighted by Gasteiger charge is 2.26. The van der Waals surface area contributed by atoms with Crippen LogP contribution in [0.25, 0.3) is 11.4 Å². The Balaban J connectivity index is 1.57. The molecule has 0 bridgehead atoms. The van der Waals surface area contributed by atoms with Crippen molar-refractivity contribution < 1.29 is 9.53 Å². The molecule has 0 spiro atoms. The van der Waals surface area contributed by atoms with Gasteiger partial charge in [-0.2, -0.15) is 0 Å². The summed E-state index contributed by atoms with van der Waals surface area (Å²) in [5.74, 6) is 1.21. The van der Waals surface area contributed by atoms with Gasteiger partial charge >= 0.3 is 0 Å². The van der Waals surface area contributed by atoms with E-state index in [4.69, 9.17) is 16.3 Å². The molecule has 0 amide bonds. The van der Waals surface area contributed by atoms with E-state index in [-0.39, 0.29) is 5.78 Å². The first-order valence-corrected chi connectivity index (χ1v) is 12.4. The number of hydrogen-bond acceptors (Lipinski definition) is 5. The van der Waals surface area contributed by atoms with Crippen LogP contribution in [0.2, 0.25) is 5.02 Å². The average Bonchev–Trinajstić information content (AvgIpc) is 3.51. The van der Waals surface area contributed by atoms with E-state index in [0.29, 0.717) is 23.4 Å². The quantitative estimate of drug-likeness (QED) is 0.293. The number of aryl methyl sites for hydroxylation is 1. The molecule has 32 heavy (non-hydrogen) atoms. The minimum Gasteiger partial charge on any atom is -0.383 e. The molecule has 1 saturated carbocycles. The first-order chi connectivity index (χ1) is 15.5. The summed E-state index contributed by atoms with van der Waals surface area (Å²) in [6.07, 6.45) is 4.58. The Kier molecular flexibility index (Phi) is 7.38. The molecule has 0 atom stereocenters. The summed E-state index contributed by atoms with van der Waals surface area (Å²) >= 11 is 7.93. The molecular weight excluding hydrogens is 444 g/mol. The first-order valence-electron chi connectivity index (χ1n) is 11.0. The first kappa shape index (κ1) is 23.1. The fourth-order valence-corrected chi connectivity index (χ4v) is 5.62. The second-order valence-electron chi connectivity index (χ2n) is 8.24. The van der Waals surface area contributed by atoms with Gasteiger partial charge in [-0.15, -0.1) is 10.2 Å². The zero-order valence-electron chi connectivity index (χ0n) is 18.8. The maximum atomic E-state index is 13.1. The maximum absolute atomic E-state index is 13.1. The van der Waals surface area contributed by atoms with Gasteiger partial charge in [0.15, 0.2) is 16.8 Å². The highest BCUT2D eigenvalue weighted by molar-refractivity contribution is 7.99. The number of carbonyl (C=O) groups excluding carboxylic acids is 1. The van der Waals surface area contributed by atoms with Crippen LogP contribution in [0.3, 0.4) is 0 Å². The number of nitrogens with zero attached hydrogens (tertiary/aromatic N) is 4. The molecule has 2 heterocycles. The summed E-state index contributed by atoms with van der Waals surface area (Å²) in [5.41, 5.74) is 3.71. The molecule has 2 aromatic heterocycles. The fourth-order valence-electron chi connectivity index (χ4n) is 4.51. The van der Waals surface area contributed by atoms with E-state index in [1.807, 2.05) is 44.2 Å². The van der Waals surface area contributed by atoms with Gasteiger partial charge in [0.05, 0.1) is 17.4 Å². The van der Waals surface area contributed by atoms with Crippen molar-refractivity contribution in [3.05, 3.63) is 52.3 Å². The normalized spacial score (nSPS) is 14.4. The van der Waals surface area contributed by atoms with Crippen LogP contribution in [0.15, 0.2) is 35.5 Å². The lowest BCUT2D eigenvalue weighted by molar-refractivity contribution is 0.102. The minimum atomic E-state index is 0.104. The Morgan fingerprint density at radius 2 is 1.97 bits per heavy atom. The van der Waals surface area contributed by atoms with Crippen LogP contribution in [0.1, 0.15) is 53.5 Å². The Morgan fingerprint density at radius 1 is 1.22 bits per heavy atom. The van der Waals surface area contributed by atoms with Gasteiger partial charge < -0.3 is 9.30 Å². The number of halogens is 1. The van der Waals surface area contributed by atoms with Gasteiger partial charge in [-0.3, -0.25) is 9.36 Å². The molecule has 1 aromatic carbocycles. The zero-order valence-corrected chi connectivity index (χ0v) is 20.4. The van der Waals surface area contributed by atoms with Gasteiger partial charge in [-0.1, -0.05) is 48.3 Å². The molecule has 0 saturated heterocycles. The van der Waals surface area contributed by atoms with Gasteiger partial charge in [0, 0.05) is 42.2 Å². The molecule has 3 aromatic rings. The van der Waals surface area contributed by atoms with Crippen molar-refractivity contribution in [2.45, 2.75) is 57.3 Å². The topological polar surface area (TPSA) is 61.9 Å². The number of Topliss-reactive ketones (excluding diaryl/α,β-unsaturated/α-hetero) is 1. The van der Waals surface area contributed by atoms with Crippen molar-refractivity contribution in [2.24, 2.45) is 0 Å². The standard InChI is InChI=1S/C24H29ClN4O2S/c1-16-14-20(17(2)28(16)12-13-31-3)22(30)15-32-24-27-26-23(19-10-6-7-11-21(19)25)29(24)18-8-4-5-9-18/h6-7,10-11,14,18H,4-5,8-9,12-13,15H2,1-3H3. The Labute approximate surface area is 198 Å². The molecule has 4 rings (SSSR count). The van der Waals surface area contributed by atoms with E-state index in [0.717, 1.165) is 52.9 Å². The molecule has 1 aliphatic rings. The molecule has 0 radical (unpaired) electrons.